The lowest BCUT2D eigenvalue weighted by Gasteiger charge is -2.14. The largest absolute Gasteiger partial charge is 0.502 e. The number of halogens is 1. The number of aryl methyl sites for hydroxylation is 1. The van der Waals surface area contributed by atoms with Crippen LogP contribution in [0.4, 0.5) is 0 Å². The molecule has 0 aliphatic carbocycles. The number of phenols is 1. The Kier molecular flexibility index (Phi) is 8.64. The number of nitrogens with one attached hydrogen (secondary N) is 3. The average molecular weight is 524 g/mol. The molecule has 0 saturated heterocycles. The van der Waals surface area contributed by atoms with Crippen molar-refractivity contribution in [2.45, 2.75) is 19.9 Å². The number of aliphatic imine (C=N–C) groups is 1. The second-order valence-corrected chi connectivity index (χ2v) is 6.81. The first-order valence-corrected chi connectivity index (χ1v) is 9.50. The van der Waals surface area contributed by atoms with Crippen LogP contribution in [-0.4, -0.2) is 43.9 Å². The first-order chi connectivity index (χ1) is 14.0. The molecule has 0 aliphatic rings. The number of benzene rings is 2. The summed E-state index contributed by atoms with van der Waals surface area (Å²) in [6, 6.07) is 9.99. The third-order valence-corrected chi connectivity index (χ3v) is 4.83. The number of hydrogen-bond donors (Lipinski definition) is 4. The molecule has 0 fully saturated rings. The molecule has 0 radical (unpaired) electrons. The Morgan fingerprint density at radius 1 is 1.10 bits per heavy atom. The molecule has 7 nitrogen and oxygen atoms in total. The maximum atomic E-state index is 10.0. The van der Waals surface area contributed by atoms with Gasteiger partial charge in [0.25, 0.3) is 0 Å². The molecule has 8 heteroatoms. The Balaban J connectivity index is 0.00000320. The summed E-state index contributed by atoms with van der Waals surface area (Å²) in [6.45, 7) is 3.36. The number of nitrogens with zero attached hydrogens (tertiary/aromatic N) is 1. The summed E-state index contributed by atoms with van der Waals surface area (Å²) in [6.07, 6.45) is 2.95. The minimum atomic E-state index is -0.00446. The number of hydrogen-bond acceptors (Lipinski definition) is 4. The maximum absolute atomic E-state index is 10.0. The third kappa shape index (κ3) is 5.50. The number of phenolic OH excluding ortho intramolecular Hbond substituents is 1. The van der Waals surface area contributed by atoms with Crippen LogP contribution in [0.1, 0.15) is 16.7 Å². The highest BCUT2D eigenvalue weighted by molar-refractivity contribution is 14.0. The molecule has 0 spiro atoms. The quantitative estimate of drug-likeness (QED) is 0.215. The highest BCUT2D eigenvalue weighted by Gasteiger charge is 2.11. The van der Waals surface area contributed by atoms with E-state index in [-0.39, 0.29) is 29.7 Å². The summed E-state index contributed by atoms with van der Waals surface area (Å²) in [4.78, 5) is 7.61. The lowest BCUT2D eigenvalue weighted by molar-refractivity contribution is 0.339. The monoisotopic (exact) mass is 524 g/mol. The number of methoxy groups -OCH3 is 2. The Labute approximate surface area is 193 Å². The minimum absolute atomic E-state index is 0. The molecule has 0 bridgehead atoms. The molecule has 4 N–H and O–H groups in total. The first-order valence-electron chi connectivity index (χ1n) is 9.50. The highest BCUT2D eigenvalue weighted by Crippen LogP contribution is 2.37. The second kappa shape index (κ2) is 11.0. The van der Waals surface area contributed by atoms with Crippen molar-refractivity contribution >= 4 is 40.8 Å². The lowest BCUT2D eigenvalue weighted by Crippen LogP contribution is -2.37. The zero-order valence-corrected chi connectivity index (χ0v) is 20.0. The molecule has 3 aromatic rings. The van der Waals surface area contributed by atoms with Gasteiger partial charge in [0.05, 0.1) is 14.2 Å². The van der Waals surface area contributed by atoms with Crippen molar-refractivity contribution in [3.63, 3.8) is 0 Å². The van der Waals surface area contributed by atoms with E-state index in [1.54, 1.807) is 19.2 Å². The fourth-order valence-corrected chi connectivity index (χ4v) is 3.28. The summed E-state index contributed by atoms with van der Waals surface area (Å²) in [5.41, 5.74) is 4.59. The summed E-state index contributed by atoms with van der Waals surface area (Å²) in [5, 5.41) is 17.9. The van der Waals surface area contributed by atoms with Crippen LogP contribution in [0.5, 0.6) is 17.2 Å². The van der Waals surface area contributed by atoms with E-state index in [0.717, 1.165) is 24.0 Å². The smallest absolute Gasteiger partial charge is 0.200 e. The molecule has 30 heavy (non-hydrogen) atoms. The Morgan fingerprint density at radius 2 is 1.80 bits per heavy atom. The average Bonchev–Trinajstić information content (AvgIpc) is 3.13. The fourth-order valence-electron chi connectivity index (χ4n) is 3.28. The normalized spacial score (nSPS) is 11.1. The van der Waals surface area contributed by atoms with Gasteiger partial charge < -0.3 is 30.2 Å². The van der Waals surface area contributed by atoms with Gasteiger partial charge >= 0.3 is 0 Å². The van der Waals surface area contributed by atoms with Crippen molar-refractivity contribution in [1.29, 1.82) is 0 Å². The predicted octanol–water partition coefficient (Wildman–Crippen LogP) is 3.72. The van der Waals surface area contributed by atoms with Gasteiger partial charge in [0.2, 0.25) is 5.75 Å². The van der Waals surface area contributed by atoms with Crippen molar-refractivity contribution < 1.29 is 14.6 Å². The molecule has 1 aromatic heterocycles. The standard InChI is InChI=1S/C22H28N4O3.HI/c1-14-5-6-17-16(13-25-18(17)9-14)7-8-24-22(23-2)26-12-15-10-19(28-3)21(27)20(11-15)29-4;/h5-6,9-11,13,25,27H,7-8,12H2,1-4H3,(H2,23,24,26);1H. The van der Waals surface area contributed by atoms with E-state index in [2.05, 4.69) is 51.9 Å². The van der Waals surface area contributed by atoms with E-state index in [9.17, 15) is 5.11 Å². The zero-order chi connectivity index (χ0) is 20.8. The lowest BCUT2D eigenvalue weighted by atomic mass is 10.1. The molecule has 0 aliphatic heterocycles. The van der Waals surface area contributed by atoms with Crippen molar-refractivity contribution in [3.05, 3.63) is 53.2 Å². The Hall–Kier alpha value is -2.62. The van der Waals surface area contributed by atoms with Gasteiger partial charge in [-0.1, -0.05) is 12.1 Å². The van der Waals surface area contributed by atoms with Crippen molar-refractivity contribution in [2.75, 3.05) is 27.8 Å². The number of rotatable bonds is 7. The van der Waals surface area contributed by atoms with Crippen LogP contribution in [0.25, 0.3) is 10.9 Å². The maximum Gasteiger partial charge on any atom is 0.200 e. The van der Waals surface area contributed by atoms with E-state index in [1.165, 1.54) is 30.7 Å². The number of fused-ring (bicyclic) bond motifs is 1. The summed E-state index contributed by atoms with van der Waals surface area (Å²) in [5.74, 6) is 1.44. The second-order valence-electron chi connectivity index (χ2n) is 6.81. The molecule has 162 valence electrons. The van der Waals surface area contributed by atoms with Crippen molar-refractivity contribution in [1.82, 2.24) is 15.6 Å². The highest BCUT2D eigenvalue weighted by atomic mass is 127. The van der Waals surface area contributed by atoms with Gasteiger partial charge in [0.15, 0.2) is 17.5 Å². The molecule has 0 amide bonds. The van der Waals surface area contributed by atoms with Gasteiger partial charge in [-0.25, -0.2) is 0 Å². The van der Waals surface area contributed by atoms with Gasteiger partial charge in [-0.05, 0) is 48.2 Å². The molecule has 0 unspecified atom stereocenters. The van der Waals surface area contributed by atoms with E-state index in [1.807, 2.05) is 0 Å². The molecule has 0 saturated carbocycles. The van der Waals surface area contributed by atoms with Crippen LogP contribution >= 0.6 is 24.0 Å². The number of aromatic nitrogens is 1. The van der Waals surface area contributed by atoms with Crippen LogP contribution in [0.2, 0.25) is 0 Å². The van der Waals surface area contributed by atoms with E-state index in [0.29, 0.717) is 24.0 Å². The van der Waals surface area contributed by atoms with Crippen LogP contribution < -0.4 is 20.1 Å². The van der Waals surface area contributed by atoms with E-state index < -0.39 is 0 Å². The Morgan fingerprint density at radius 3 is 2.43 bits per heavy atom. The molecular formula is C22H29IN4O3. The predicted molar refractivity (Wildman–Crippen MR) is 132 cm³/mol. The number of ether oxygens (including phenoxy) is 2. The van der Waals surface area contributed by atoms with Crippen LogP contribution in [0.15, 0.2) is 41.5 Å². The number of guanidine groups is 1. The number of aromatic hydroxyl groups is 1. The minimum Gasteiger partial charge on any atom is -0.502 e. The Bertz CT molecular complexity index is 992. The third-order valence-electron chi connectivity index (χ3n) is 4.83. The summed E-state index contributed by atoms with van der Waals surface area (Å²) in [7, 11) is 4.76. The van der Waals surface area contributed by atoms with Gasteiger partial charge in [-0.3, -0.25) is 4.99 Å². The zero-order valence-electron chi connectivity index (χ0n) is 17.7. The molecule has 3 rings (SSSR count). The van der Waals surface area contributed by atoms with Crippen molar-refractivity contribution in [2.24, 2.45) is 4.99 Å². The summed E-state index contributed by atoms with van der Waals surface area (Å²) >= 11 is 0. The molecule has 0 atom stereocenters. The molecule has 2 aromatic carbocycles. The van der Waals surface area contributed by atoms with Crippen LogP contribution in [0.3, 0.4) is 0 Å². The molecular weight excluding hydrogens is 495 g/mol. The van der Waals surface area contributed by atoms with Gasteiger partial charge in [-0.15, -0.1) is 24.0 Å². The number of H-pyrrole nitrogens is 1. The van der Waals surface area contributed by atoms with Crippen molar-refractivity contribution in [3.8, 4) is 17.2 Å². The topological polar surface area (TPSA) is 90.9 Å². The van der Waals surface area contributed by atoms with Gasteiger partial charge in [0.1, 0.15) is 0 Å². The first kappa shape index (κ1) is 23.7. The van der Waals surface area contributed by atoms with E-state index >= 15 is 0 Å². The van der Waals surface area contributed by atoms with Crippen LogP contribution in [-0.2, 0) is 13.0 Å². The fraction of sp³-hybridized carbons (Fsp3) is 0.318. The SMILES string of the molecule is CN=C(NCCc1c[nH]c2cc(C)ccc12)NCc1cc(OC)c(O)c(OC)c1.I. The van der Waals surface area contributed by atoms with Crippen LogP contribution in [0, 0.1) is 6.92 Å². The van der Waals surface area contributed by atoms with Gasteiger partial charge in [-0.2, -0.15) is 0 Å². The molecule has 1 heterocycles. The summed E-state index contributed by atoms with van der Waals surface area (Å²) < 4.78 is 10.4. The number of aromatic amines is 1. The van der Waals surface area contributed by atoms with Gasteiger partial charge in [0, 0.05) is 37.2 Å². The van der Waals surface area contributed by atoms with E-state index in [4.69, 9.17) is 9.47 Å².